The van der Waals surface area contributed by atoms with Crippen LogP contribution < -0.4 is 5.73 Å². The molecular formula is C15H33NO3S. The average molecular weight is 308 g/mol. The largest absolute Gasteiger partial charge is 0.743 e. The number of unbranched alkanes of at least 4 members (excludes halogenated alkanes) is 7. The molecule has 1 atom stereocenters. The molecule has 0 spiro atoms. The molecule has 0 heterocycles. The Kier molecular flexibility index (Phi) is 8.29. The Balaban J connectivity index is 4.14. The third kappa shape index (κ3) is 6.10. The van der Waals surface area contributed by atoms with E-state index < -0.39 is 20.4 Å². The molecule has 0 saturated heterocycles. The van der Waals surface area contributed by atoms with Crippen molar-refractivity contribution in [2.75, 3.05) is 0 Å². The van der Waals surface area contributed by atoms with Gasteiger partial charge in [0.1, 0.15) is 0 Å². The van der Waals surface area contributed by atoms with Crippen LogP contribution in [0.1, 0.15) is 85.5 Å². The SMILES string of the molecule is CCCCCCCCCCC([NH3+])(C(C)(C)C)S(=O)(=O)[O-]. The Labute approximate surface area is 125 Å². The van der Waals surface area contributed by atoms with E-state index >= 15 is 0 Å². The first kappa shape index (κ1) is 19.9. The summed E-state index contributed by atoms with van der Waals surface area (Å²) in [6, 6.07) is 0. The molecular weight excluding hydrogens is 274 g/mol. The van der Waals surface area contributed by atoms with E-state index in [2.05, 4.69) is 12.7 Å². The van der Waals surface area contributed by atoms with Crippen molar-refractivity contribution in [3.63, 3.8) is 0 Å². The summed E-state index contributed by atoms with van der Waals surface area (Å²) in [5.74, 6) is 0. The van der Waals surface area contributed by atoms with E-state index in [0.29, 0.717) is 6.42 Å². The second-order valence-corrected chi connectivity index (χ2v) is 8.61. The van der Waals surface area contributed by atoms with E-state index in [0.717, 1.165) is 19.3 Å². The molecule has 122 valence electrons. The normalized spacial score (nSPS) is 16.1. The highest BCUT2D eigenvalue weighted by Crippen LogP contribution is 2.34. The van der Waals surface area contributed by atoms with Gasteiger partial charge in [-0.1, -0.05) is 72.6 Å². The molecule has 20 heavy (non-hydrogen) atoms. The number of hydrogen-bond acceptors (Lipinski definition) is 3. The van der Waals surface area contributed by atoms with Crippen molar-refractivity contribution in [1.29, 1.82) is 0 Å². The van der Waals surface area contributed by atoms with Crippen molar-refractivity contribution in [1.82, 2.24) is 0 Å². The smallest absolute Gasteiger partial charge is 0.189 e. The minimum Gasteiger partial charge on any atom is -0.743 e. The first-order valence-electron chi connectivity index (χ1n) is 7.87. The number of rotatable bonds is 10. The van der Waals surface area contributed by atoms with Gasteiger partial charge in [-0.25, -0.2) is 8.42 Å². The first-order chi connectivity index (χ1) is 9.06. The molecule has 0 rings (SSSR count). The average Bonchev–Trinajstić information content (AvgIpc) is 2.29. The van der Waals surface area contributed by atoms with Gasteiger partial charge in [-0.3, -0.25) is 0 Å². The maximum absolute atomic E-state index is 11.5. The van der Waals surface area contributed by atoms with E-state index in [9.17, 15) is 13.0 Å². The van der Waals surface area contributed by atoms with Gasteiger partial charge in [0.25, 0.3) is 0 Å². The first-order valence-corrected chi connectivity index (χ1v) is 9.28. The molecule has 0 radical (unpaired) electrons. The zero-order chi connectivity index (χ0) is 15.9. The predicted octanol–water partition coefficient (Wildman–Crippen LogP) is 3.05. The molecule has 0 amide bonds. The van der Waals surface area contributed by atoms with E-state index in [1.54, 1.807) is 20.8 Å². The fourth-order valence-corrected chi connectivity index (χ4v) is 3.56. The minimum atomic E-state index is -4.39. The highest BCUT2D eigenvalue weighted by Gasteiger charge is 2.47. The lowest BCUT2D eigenvalue weighted by Crippen LogP contribution is -2.81. The molecule has 1 unspecified atom stereocenters. The Morgan fingerprint density at radius 1 is 0.900 bits per heavy atom. The zero-order valence-corrected chi connectivity index (χ0v) is 14.5. The molecule has 4 nitrogen and oxygen atoms in total. The van der Waals surface area contributed by atoms with Gasteiger partial charge >= 0.3 is 0 Å². The van der Waals surface area contributed by atoms with Crippen LogP contribution in [0.2, 0.25) is 0 Å². The quantitative estimate of drug-likeness (QED) is 0.497. The van der Waals surface area contributed by atoms with Crippen LogP contribution in [0.5, 0.6) is 0 Å². The molecule has 0 aliphatic heterocycles. The third-order valence-corrected chi connectivity index (χ3v) is 6.05. The summed E-state index contributed by atoms with van der Waals surface area (Å²) in [6.07, 6.45) is 9.49. The van der Waals surface area contributed by atoms with Crippen LogP contribution in [0.3, 0.4) is 0 Å². The molecule has 0 aromatic carbocycles. The Morgan fingerprint density at radius 2 is 1.30 bits per heavy atom. The summed E-state index contributed by atoms with van der Waals surface area (Å²) in [5, 5.41) is 0. The van der Waals surface area contributed by atoms with Gasteiger partial charge in [0.05, 0.1) is 0 Å². The zero-order valence-electron chi connectivity index (χ0n) is 13.7. The van der Waals surface area contributed by atoms with Gasteiger partial charge < -0.3 is 10.3 Å². The lowest BCUT2D eigenvalue weighted by molar-refractivity contribution is -0.470. The lowest BCUT2D eigenvalue weighted by atomic mass is 9.83. The molecule has 0 aromatic heterocycles. The van der Waals surface area contributed by atoms with Crippen LogP contribution in [-0.2, 0) is 10.1 Å². The molecule has 0 fully saturated rings. The van der Waals surface area contributed by atoms with Crippen LogP contribution in [0.15, 0.2) is 0 Å². The highest BCUT2D eigenvalue weighted by molar-refractivity contribution is 7.86. The van der Waals surface area contributed by atoms with Gasteiger partial charge in [-0.15, -0.1) is 0 Å². The fraction of sp³-hybridized carbons (Fsp3) is 1.00. The maximum atomic E-state index is 11.5. The molecule has 3 N–H and O–H groups in total. The number of quaternary nitrogens is 1. The molecule has 0 aliphatic rings. The van der Waals surface area contributed by atoms with Crippen LogP contribution in [-0.4, -0.2) is 17.8 Å². The summed E-state index contributed by atoms with van der Waals surface area (Å²) in [4.78, 5) is -1.41. The van der Waals surface area contributed by atoms with E-state index in [-0.39, 0.29) is 0 Å². The Morgan fingerprint density at radius 3 is 1.65 bits per heavy atom. The van der Waals surface area contributed by atoms with Crippen LogP contribution in [0.4, 0.5) is 0 Å². The van der Waals surface area contributed by atoms with Gasteiger partial charge in [0.15, 0.2) is 15.0 Å². The second kappa shape index (κ2) is 8.35. The fourth-order valence-electron chi connectivity index (χ4n) is 2.42. The molecule has 5 heteroatoms. The van der Waals surface area contributed by atoms with Crippen LogP contribution in [0, 0.1) is 5.41 Å². The summed E-state index contributed by atoms with van der Waals surface area (Å²) < 4.78 is 34.6. The lowest BCUT2D eigenvalue weighted by Gasteiger charge is -2.39. The van der Waals surface area contributed by atoms with Gasteiger partial charge in [0.2, 0.25) is 0 Å². The van der Waals surface area contributed by atoms with E-state index in [4.69, 9.17) is 0 Å². The Hall–Kier alpha value is -0.130. The molecule has 0 bridgehead atoms. The minimum absolute atomic E-state index is 0.358. The molecule has 0 aliphatic carbocycles. The topological polar surface area (TPSA) is 84.8 Å². The number of hydrogen-bond donors (Lipinski definition) is 1. The van der Waals surface area contributed by atoms with Crippen molar-refractivity contribution in [2.45, 2.75) is 90.4 Å². The van der Waals surface area contributed by atoms with Crippen molar-refractivity contribution < 1.29 is 18.7 Å². The third-order valence-electron chi connectivity index (χ3n) is 4.28. The van der Waals surface area contributed by atoms with E-state index in [1.165, 1.54) is 32.1 Å². The van der Waals surface area contributed by atoms with Crippen molar-refractivity contribution in [3.8, 4) is 0 Å². The van der Waals surface area contributed by atoms with E-state index in [1.807, 2.05) is 0 Å². The second-order valence-electron chi connectivity index (χ2n) is 6.92. The van der Waals surface area contributed by atoms with Crippen molar-refractivity contribution in [2.24, 2.45) is 5.41 Å². The highest BCUT2D eigenvalue weighted by atomic mass is 32.2. The molecule has 0 saturated carbocycles. The standard InChI is InChI=1S/C15H33NO3S/c1-5-6-7-8-9-10-11-12-13-15(16,14(2,3)4)20(17,18)19/h5-13,16H2,1-4H3,(H,17,18,19). The summed E-state index contributed by atoms with van der Waals surface area (Å²) in [7, 11) is -4.39. The predicted molar refractivity (Wildman–Crippen MR) is 82.0 cm³/mol. The van der Waals surface area contributed by atoms with Gasteiger partial charge in [0, 0.05) is 11.8 Å². The van der Waals surface area contributed by atoms with Gasteiger partial charge in [-0.2, -0.15) is 0 Å². The summed E-state index contributed by atoms with van der Waals surface area (Å²) in [6.45, 7) is 7.53. The Bertz CT molecular complexity index is 360. The maximum Gasteiger partial charge on any atom is 0.189 e. The van der Waals surface area contributed by atoms with Crippen molar-refractivity contribution in [3.05, 3.63) is 0 Å². The van der Waals surface area contributed by atoms with Gasteiger partial charge in [-0.05, 0) is 6.42 Å². The van der Waals surface area contributed by atoms with Crippen LogP contribution >= 0.6 is 0 Å². The van der Waals surface area contributed by atoms with Crippen molar-refractivity contribution >= 4 is 10.1 Å². The molecule has 0 aromatic rings. The summed E-state index contributed by atoms with van der Waals surface area (Å²) in [5.41, 5.74) is 3.14. The summed E-state index contributed by atoms with van der Waals surface area (Å²) >= 11 is 0. The monoisotopic (exact) mass is 307 g/mol. The van der Waals surface area contributed by atoms with Crippen LogP contribution in [0.25, 0.3) is 0 Å².